The predicted molar refractivity (Wildman–Crippen MR) is 140 cm³/mol. The Balaban J connectivity index is 1.94. The smallest absolute Gasteiger partial charge is 0.131 e. The van der Waals surface area contributed by atoms with Crippen LogP contribution in [0.2, 0.25) is 0 Å². The van der Waals surface area contributed by atoms with E-state index >= 15 is 0 Å². The van der Waals surface area contributed by atoms with Crippen LogP contribution in [-0.2, 0) is 0 Å². The second kappa shape index (κ2) is 23.0. The third-order valence-electron chi connectivity index (χ3n) is 6.25. The fourth-order valence-corrected chi connectivity index (χ4v) is 4.14. The Morgan fingerprint density at radius 3 is 1.12 bits per heavy atom. The van der Waals surface area contributed by atoms with Gasteiger partial charge in [0.2, 0.25) is 0 Å². The van der Waals surface area contributed by atoms with Crippen molar-refractivity contribution < 1.29 is 9.47 Å². The topological polar surface area (TPSA) is 18.5 Å². The van der Waals surface area contributed by atoms with Crippen molar-refractivity contribution >= 4 is 0 Å². The van der Waals surface area contributed by atoms with Crippen molar-refractivity contribution in [2.24, 2.45) is 0 Å². The van der Waals surface area contributed by atoms with Gasteiger partial charge in [0.15, 0.2) is 0 Å². The predicted octanol–water partition coefficient (Wildman–Crippen LogP) is 10.1. The molecule has 0 saturated carbocycles. The van der Waals surface area contributed by atoms with Crippen molar-refractivity contribution in [3.63, 3.8) is 0 Å². The SMILES string of the molecule is CCCCCCCCCCCCOc1[c]c(OCCCCCCCCCCCC)ccc1. The first-order chi connectivity index (χ1) is 15.9. The van der Waals surface area contributed by atoms with E-state index in [4.69, 9.17) is 9.47 Å². The lowest BCUT2D eigenvalue weighted by Gasteiger charge is -2.09. The van der Waals surface area contributed by atoms with Crippen LogP contribution in [0.1, 0.15) is 142 Å². The minimum Gasteiger partial charge on any atom is -0.493 e. The normalized spacial score (nSPS) is 11.1. The Morgan fingerprint density at radius 2 is 0.781 bits per heavy atom. The maximum Gasteiger partial charge on any atom is 0.131 e. The average molecular weight is 446 g/mol. The molecule has 0 saturated heterocycles. The maximum absolute atomic E-state index is 5.89. The van der Waals surface area contributed by atoms with Gasteiger partial charge in [-0.1, -0.05) is 135 Å². The van der Waals surface area contributed by atoms with Gasteiger partial charge in [-0.3, -0.25) is 0 Å². The van der Waals surface area contributed by atoms with Gasteiger partial charge in [0.1, 0.15) is 11.5 Å². The summed E-state index contributed by atoms with van der Waals surface area (Å²) in [4.78, 5) is 0. The van der Waals surface area contributed by atoms with Crippen LogP contribution < -0.4 is 9.47 Å². The minimum absolute atomic E-state index is 0.787. The Labute approximate surface area is 200 Å². The van der Waals surface area contributed by atoms with Gasteiger partial charge in [0, 0.05) is 0 Å². The Kier molecular flexibility index (Phi) is 20.7. The van der Waals surface area contributed by atoms with E-state index in [1.807, 2.05) is 18.2 Å². The molecule has 1 rings (SSSR count). The van der Waals surface area contributed by atoms with Gasteiger partial charge < -0.3 is 9.47 Å². The van der Waals surface area contributed by atoms with Crippen LogP contribution in [0.15, 0.2) is 18.2 Å². The summed E-state index contributed by atoms with van der Waals surface area (Å²) in [7, 11) is 0. The van der Waals surface area contributed by atoms with Crippen molar-refractivity contribution in [3.8, 4) is 11.5 Å². The molecule has 0 aliphatic rings. The van der Waals surface area contributed by atoms with Crippen molar-refractivity contribution in [3.05, 3.63) is 24.3 Å². The Bertz CT molecular complexity index is 458. The lowest BCUT2D eigenvalue weighted by atomic mass is 10.1. The van der Waals surface area contributed by atoms with Gasteiger partial charge in [0.05, 0.1) is 19.3 Å². The number of benzene rings is 1. The van der Waals surface area contributed by atoms with E-state index in [0.29, 0.717) is 0 Å². The second-order valence-corrected chi connectivity index (χ2v) is 9.44. The Hall–Kier alpha value is -1.18. The quantitative estimate of drug-likeness (QED) is 0.147. The molecular weight excluding hydrogens is 392 g/mol. The molecule has 0 N–H and O–H groups in total. The van der Waals surface area contributed by atoms with Crippen LogP contribution in [0, 0.1) is 6.07 Å². The lowest BCUT2D eigenvalue weighted by Crippen LogP contribution is -2.00. The third-order valence-corrected chi connectivity index (χ3v) is 6.25. The fraction of sp³-hybridized carbons (Fsp3) is 0.800. The summed E-state index contributed by atoms with van der Waals surface area (Å²) in [5.74, 6) is 1.64. The number of rotatable bonds is 24. The molecule has 1 aromatic rings. The highest BCUT2D eigenvalue weighted by atomic mass is 16.5. The van der Waals surface area contributed by atoms with Crippen LogP contribution in [0.3, 0.4) is 0 Å². The summed E-state index contributed by atoms with van der Waals surface area (Å²) >= 11 is 0. The van der Waals surface area contributed by atoms with Crippen LogP contribution in [-0.4, -0.2) is 13.2 Å². The standard InChI is InChI=1S/C30H53O2/c1-3-5-7-9-11-13-15-17-19-21-26-31-29-24-23-25-30(28-29)32-27-22-20-18-16-14-12-10-8-6-4-2/h23-25H,3-22,26-27H2,1-2H3. The van der Waals surface area contributed by atoms with Crippen LogP contribution in [0.25, 0.3) is 0 Å². The zero-order valence-electron chi connectivity index (χ0n) is 21.6. The van der Waals surface area contributed by atoms with Gasteiger partial charge in [-0.25, -0.2) is 0 Å². The summed E-state index contributed by atoms with van der Waals surface area (Å²) in [5.41, 5.74) is 0. The van der Waals surface area contributed by atoms with Gasteiger partial charge in [-0.15, -0.1) is 0 Å². The minimum atomic E-state index is 0.787. The third kappa shape index (κ3) is 18.4. The summed E-state index contributed by atoms with van der Waals surface area (Å²) in [5, 5.41) is 0. The largest absolute Gasteiger partial charge is 0.493 e. The summed E-state index contributed by atoms with van der Waals surface area (Å²) in [6, 6.07) is 9.26. The molecule has 0 atom stereocenters. The number of hydrogen-bond acceptors (Lipinski definition) is 2. The first-order valence-electron chi connectivity index (χ1n) is 14.1. The second-order valence-electron chi connectivity index (χ2n) is 9.44. The molecule has 2 heteroatoms. The Morgan fingerprint density at radius 1 is 0.469 bits per heavy atom. The molecular formula is C30H53O2. The number of unbranched alkanes of at least 4 members (excludes halogenated alkanes) is 18. The van der Waals surface area contributed by atoms with Crippen molar-refractivity contribution in [1.82, 2.24) is 0 Å². The highest BCUT2D eigenvalue weighted by Gasteiger charge is 2.00. The molecule has 1 radical (unpaired) electrons. The van der Waals surface area contributed by atoms with E-state index in [1.54, 1.807) is 0 Å². The van der Waals surface area contributed by atoms with Crippen molar-refractivity contribution in [2.45, 2.75) is 142 Å². The molecule has 32 heavy (non-hydrogen) atoms. The molecule has 0 amide bonds. The molecule has 0 fully saturated rings. The monoisotopic (exact) mass is 445 g/mol. The molecule has 0 aliphatic heterocycles. The molecule has 2 nitrogen and oxygen atoms in total. The molecule has 185 valence electrons. The molecule has 0 spiro atoms. The van der Waals surface area contributed by atoms with E-state index in [2.05, 4.69) is 19.9 Å². The van der Waals surface area contributed by atoms with Crippen LogP contribution in [0.4, 0.5) is 0 Å². The van der Waals surface area contributed by atoms with Gasteiger partial charge >= 0.3 is 0 Å². The van der Waals surface area contributed by atoms with Crippen molar-refractivity contribution in [1.29, 1.82) is 0 Å². The molecule has 0 heterocycles. The maximum atomic E-state index is 5.89. The highest BCUT2D eigenvalue weighted by Crippen LogP contribution is 2.19. The van der Waals surface area contributed by atoms with Gasteiger partial charge in [-0.2, -0.15) is 0 Å². The van der Waals surface area contributed by atoms with E-state index < -0.39 is 0 Å². The highest BCUT2D eigenvalue weighted by molar-refractivity contribution is 5.31. The van der Waals surface area contributed by atoms with Crippen molar-refractivity contribution in [2.75, 3.05) is 13.2 Å². The molecule has 0 unspecified atom stereocenters. The summed E-state index contributed by atoms with van der Waals surface area (Å²) < 4.78 is 11.8. The molecule has 0 bridgehead atoms. The molecule has 1 aromatic carbocycles. The van der Waals surface area contributed by atoms with E-state index in [1.165, 1.54) is 116 Å². The lowest BCUT2D eigenvalue weighted by molar-refractivity contribution is 0.288. The number of ether oxygens (including phenoxy) is 2. The molecule has 0 aliphatic carbocycles. The zero-order chi connectivity index (χ0) is 23.0. The summed E-state index contributed by atoms with van der Waals surface area (Å²) in [6.45, 7) is 6.13. The molecule has 0 aromatic heterocycles. The van der Waals surface area contributed by atoms with Crippen LogP contribution >= 0.6 is 0 Å². The fourth-order valence-electron chi connectivity index (χ4n) is 4.14. The van der Waals surface area contributed by atoms with E-state index in [9.17, 15) is 0 Å². The first kappa shape index (κ1) is 28.9. The van der Waals surface area contributed by atoms with Crippen LogP contribution in [0.5, 0.6) is 11.5 Å². The van der Waals surface area contributed by atoms with E-state index in [-0.39, 0.29) is 0 Å². The first-order valence-corrected chi connectivity index (χ1v) is 14.1. The van der Waals surface area contributed by atoms with Gasteiger partial charge in [-0.05, 0) is 25.0 Å². The van der Waals surface area contributed by atoms with E-state index in [0.717, 1.165) is 37.6 Å². The average Bonchev–Trinajstić information content (AvgIpc) is 2.81. The number of hydrogen-bond donors (Lipinski definition) is 0. The zero-order valence-corrected chi connectivity index (χ0v) is 21.6. The van der Waals surface area contributed by atoms with Gasteiger partial charge in [0.25, 0.3) is 0 Å². The summed E-state index contributed by atoms with van der Waals surface area (Å²) in [6.07, 6.45) is 27.0.